The van der Waals surface area contributed by atoms with Crippen molar-refractivity contribution < 1.29 is 42.4 Å². The predicted octanol–water partition coefficient (Wildman–Crippen LogP) is 2.86. The molecule has 37 heavy (non-hydrogen) atoms. The molecule has 1 fully saturated rings. The summed E-state index contributed by atoms with van der Waals surface area (Å²) in [4.78, 5) is 39.2. The number of carboxylic acid groups (broad SMARTS) is 2. The summed E-state index contributed by atoms with van der Waals surface area (Å²) in [6.45, 7) is -3.29. The van der Waals surface area contributed by atoms with Crippen LogP contribution in [0.5, 0.6) is 11.5 Å². The largest absolute Gasteiger partial charge is 0.495 e. The van der Waals surface area contributed by atoms with Gasteiger partial charge in [0.1, 0.15) is 23.5 Å². The van der Waals surface area contributed by atoms with Crippen molar-refractivity contribution in [2.45, 2.75) is 13.2 Å². The van der Waals surface area contributed by atoms with E-state index in [4.69, 9.17) is 4.74 Å². The number of para-hydroxylation sites is 2. The van der Waals surface area contributed by atoms with Crippen LogP contribution in [0.25, 0.3) is 10.9 Å². The van der Waals surface area contributed by atoms with E-state index in [0.717, 1.165) is 22.5 Å². The number of carbonyl (C=O) groups is 2. The second kappa shape index (κ2) is 10.3. The average Bonchev–Trinajstić information content (AvgIpc) is 2.85. The molecule has 2 aromatic carbocycles. The number of carboxylic acids is 2. The van der Waals surface area contributed by atoms with Crippen molar-refractivity contribution >= 4 is 34.2 Å². The number of nitrogens with zero attached hydrogens (tertiary/aromatic N) is 3. The standard InChI is InChI=1S/C24H22F3N3O7/c1-36-17-5-3-2-4-16(17)28-6-8-29(9-7-28)20-15(25)10-13-19(22(20)37-24(26)27)30(12-18(31)32)11-14(21(13)33)23(34)35/h2-5,10-11,24H,6-9,12H2,1H3,(H,31,32)(H,34,35). The van der Waals surface area contributed by atoms with E-state index >= 15 is 4.39 Å². The number of pyridine rings is 1. The van der Waals surface area contributed by atoms with Crippen molar-refractivity contribution in [1.82, 2.24) is 4.57 Å². The van der Waals surface area contributed by atoms with Crippen molar-refractivity contribution in [2.24, 2.45) is 0 Å². The van der Waals surface area contributed by atoms with Crippen LogP contribution in [0.4, 0.5) is 24.5 Å². The minimum Gasteiger partial charge on any atom is -0.495 e. The SMILES string of the molecule is COc1ccccc1N1CCN(c2c(F)cc3c(=O)c(C(=O)O)cn(CC(=O)O)c3c2OC(F)F)CC1. The number of piperazine rings is 1. The molecule has 1 aliphatic heterocycles. The van der Waals surface area contributed by atoms with Gasteiger partial charge in [-0.1, -0.05) is 12.1 Å². The highest BCUT2D eigenvalue weighted by atomic mass is 19.3. The van der Waals surface area contributed by atoms with Crippen LogP contribution in [0.2, 0.25) is 0 Å². The van der Waals surface area contributed by atoms with Gasteiger partial charge < -0.3 is 34.1 Å². The first kappa shape index (κ1) is 25.7. The fourth-order valence-electron chi connectivity index (χ4n) is 4.47. The normalized spacial score (nSPS) is 13.8. The number of aromatic carboxylic acids is 1. The maximum absolute atomic E-state index is 15.4. The van der Waals surface area contributed by atoms with Gasteiger partial charge in [-0.05, 0) is 18.2 Å². The smallest absolute Gasteiger partial charge is 0.387 e. The Kier molecular flexibility index (Phi) is 7.14. The second-order valence-corrected chi connectivity index (χ2v) is 8.16. The minimum absolute atomic E-state index is 0.163. The number of alkyl halides is 2. The number of anilines is 2. The first-order valence-corrected chi connectivity index (χ1v) is 11.0. The molecule has 13 heteroatoms. The van der Waals surface area contributed by atoms with E-state index in [2.05, 4.69) is 4.74 Å². The number of hydrogen-bond donors (Lipinski definition) is 2. The topological polar surface area (TPSA) is 122 Å². The number of halogens is 3. The van der Waals surface area contributed by atoms with Gasteiger partial charge in [-0.3, -0.25) is 9.59 Å². The lowest BCUT2D eigenvalue weighted by Crippen LogP contribution is -2.47. The minimum atomic E-state index is -3.44. The summed E-state index contributed by atoms with van der Waals surface area (Å²) in [6, 6.07) is 7.99. The molecule has 2 heterocycles. The van der Waals surface area contributed by atoms with E-state index in [9.17, 15) is 33.4 Å². The van der Waals surface area contributed by atoms with Crippen LogP contribution < -0.4 is 24.7 Å². The van der Waals surface area contributed by atoms with Gasteiger partial charge in [0.25, 0.3) is 0 Å². The summed E-state index contributed by atoms with van der Waals surface area (Å²) in [6.07, 6.45) is 0.723. The Bertz CT molecular complexity index is 1420. The van der Waals surface area contributed by atoms with Gasteiger partial charge >= 0.3 is 18.6 Å². The van der Waals surface area contributed by atoms with Crippen LogP contribution >= 0.6 is 0 Å². The summed E-state index contributed by atoms with van der Waals surface area (Å²) in [7, 11) is 1.53. The fourth-order valence-corrected chi connectivity index (χ4v) is 4.47. The highest BCUT2D eigenvalue weighted by Crippen LogP contribution is 2.40. The molecule has 0 amide bonds. The summed E-state index contributed by atoms with van der Waals surface area (Å²) in [5.74, 6) is -4.33. The van der Waals surface area contributed by atoms with Gasteiger partial charge in [0, 0.05) is 32.4 Å². The van der Waals surface area contributed by atoms with Gasteiger partial charge in [0.05, 0.1) is 23.7 Å². The zero-order valence-corrected chi connectivity index (χ0v) is 19.5. The number of ether oxygens (including phenoxy) is 2. The molecule has 0 aliphatic carbocycles. The molecule has 3 aromatic rings. The van der Waals surface area contributed by atoms with E-state index in [0.29, 0.717) is 18.8 Å². The predicted molar refractivity (Wildman–Crippen MR) is 127 cm³/mol. The Morgan fingerprint density at radius 3 is 2.32 bits per heavy atom. The van der Waals surface area contributed by atoms with Gasteiger partial charge in [-0.15, -0.1) is 0 Å². The number of aliphatic carboxylic acids is 1. The van der Waals surface area contributed by atoms with Crippen molar-refractivity contribution in [3.63, 3.8) is 0 Å². The number of benzene rings is 2. The first-order valence-electron chi connectivity index (χ1n) is 11.0. The molecule has 1 aromatic heterocycles. The third-order valence-electron chi connectivity index (χ3n) is 6.01. The number of hydrogen-bond acceptors (Lipinski definition) is 7. The summed E-state index contributed by atoms with van der Waals surface area (Å²) in [5.41, 5.74) is -2.02. The highest BCUT2D eigenvalue weighted by molar-refractivity contribution is 5.97. The molecule has 196 valence electrons. The van der Waals surface area contributed by atoms with E-state index in [-0.39, 0.29) is 18.8 Å². The van der Waals surface area contributed by atoms with Crippen LogP contribution in [0, 0.1) is 5.82 Å². The monoisotopic (exact) mass is 521 g/mol. The average molecular weight is 521 g/mol. The number of rotatable bonds is 8. The van der Waals surface area contributed by atoms with Crippen LogP contribution in [0.3, 0.4) is 0 Å². The Balaban J connectivity index is 1.84. The van der Waals surface area contributed by atoms with Crippen molar-refractivity contribution in [3.05, 3.63) is 58.1 Å². The quantitative estimate of drug-likeness (QED) is 0.461. The Morgan fingerprint density at radius 1 is 1.08 bits per heavy atom. The zero-order valence-electron chi connectivity index (χ0n) is 19.5. The van der Waals surface area contributed by atoms with E-state index in [1.807, 2.05) is 23.1 Å². The molecular formula is C24H22F3N3O7. The molecular weight excluding hydrogens is 499 g/mol. The van der Waals surface area contributed by atoms with E-state index < -0.39 is 58.6 Å². The first-order chi connectivity index (χ1) is 17.6. The third kappa shape index (κ3) is 4.97. The molecule has 0 radical (unpaired) electrons. The summed E-state index contributed by atoms with van der Waals surface area (Å²) in [5, 5.41) is 18.1. The molecule has 4 rings (SSSR count). The van der Waals surface area contributed by atoms with Gasteiger partial charge in [-0.25, -0.2) is 9.18 Å². The van der Waals surface area contributed by atoms with Crippen LogP contribution in [-0.2, 0) is 11.3 Å². The van der Waals surface area contributed by atoms with E-state index in [1.165, 1.54) is 12.0 Å². The van der Waals surface area contributed by atoms with Crippen molar-refractivity contribution in [1.29, 1.82) is 0 Å². The Morgan fingerprint density at radius 2 is 1.73 bits per heavy atom. The lowest BCUT2D eigenvalue weighted by Gasteiger charge is -2.38. The lowest BCUT2D eigenvalue weighted by atomic mass is 10.1. The van der Waals surface area contributed by atoms with Gasteiger partial charge in [-0.2, -0.15) is 8.78 Å². The molecule has 0 atom stereocenters. The highest BCUT2D eigenvalue weighted by Gasteiger charge is 2.30. The van der Waals surface area contributed by atoms with Gasteiger partial charge in [0.15, 0.2) is 11.6 Å². The fraction of sp³-hybridized carbons (Fsp3) is 0.292. The second-order valence-electron chi connectivity index (χ2n) is 8.16. The number of fused-ring (bicyclic) bond motifs is 1. The Hall–Kier alpha value is -4.42. The molecule has 10 nitrogen and oxygen atoms in total. The number of methoxy groups -OCH3 is 1. The molecule has 0 spiro atoms. The zero-order chi connectivity index (χ0) is 26.9. The summed E-state index contributed by atoms with van der Waals surface area (Å²) >= 11 is 0. The van der Waals surface area contributed by atoms with Crippen molar-refractivity contribution in [3.8, 4) is 11.5 Å². The van der Waals surface area contributed by atoms with E-state index in [1.54, 1.807) is 6.07 Å². The molecule has 0 unspecified atom stereocenters. The summed E-state index contributed by atoms with van der Waals surface area (Å²) < 4.78 is 53.3. The molecule has 0 saturated carbocycles. The van der Waals surface area contributed by atoms with Crippen LogP contribution in [-0.4, -0.2) is 66.6 Å². The molecule has 1 aliphatic rings. The number of aromatic nitrogens is 1. The molecule has 2 N–H and O–H groups in total. The van der Waals surface area contributed by atoms with Crippen molar-refractivity contribution in [2.75, 3.05) is 43.1 Å². The maximum atomic E-state index is 15.4. The lowest BCUT2D eigenvalue weighted by molar-refractivity contribution is -0.137. The Labute approximate surface area is 207 Å². The van der Waals surface area contributed by atoms with Crippen LogP contribution in [0.15, 0.2) is 41.3 Å². The van der Waals surface area contributed by atoms with Crippen LogP contribution in [0.1, 0.15) is 10.4 Å². The molecule has 1 saturated heterocycles. The third-order valence-corrected chi connectivity index (χ3v) is 6.01. The van der Waals surface area contributed by atoms with Gasteiger partial charge in [0.2, 0.25) is 5.43 Å². The maximum Gasteiger partial charge on any atom is 0.387 e. The molecule has 0 bridgehead atoms.